The minimum Gasteiger partial charge on any atom is -0.390 e. The lowest BCUT2D eigenvalue weighted by molar-refractivity contribution is 0.432. The summed E-state index contributed by atoms with van der Waals surface area (Å²) in [4.78, 5) is 9.97. The SMILES string of the molecule is Nc1sc2c(c1-c1nc(-c3ccc(Cl)cn3)no1)CCC2. The molecule has 0 amide bonds. The summed E-state index contributed by atoms with van der Waals surface area (Å²) in [5, 5.41) is 5.32. The smallest absolute Gasteiger partial charge is 0.261 e. The zero-order valence-electron chi connectivity index (χ0n) is 11.0. The molecule has 1 aliphatic rings. The number of thiophene rings is 1. The van der Waals surface area contributed by atoms with Crippen LogP contribution in [0.1, 0.15) is 16.9 Å². The molecule has 2 N–H and O–H groups in total. The van der Waals surface area contributed by atoms with Crippen molar-refractivity contribution in [3.63, 3.8) is 0 Å². The maximum absolute atomic E-state index is 6.11. The Morgan fingerprint density at radius 3 is 3.00 bits per heavy atom. The molecular weight excluding hydrogens is 308 g/mol. The van der Waals surface area contributed by atoms with E-state index < -0.39 is 0 Å². The number of hydrogen-bond donors (Lipinski definition) is 1. The van der Waals surface area contributed by atoms with Gasteiger partial charge in [0.25, 0.3) is 5.89 Å². The predicted octanol–water partition coefficient (Wildman–Crippen LogP) is 3.58. The Morgan fingerprint density at radius 1 is 1.29 bits per heavy atom. The number of rotatable bonds is 2. The molecule has 1 aliphatic carbocycles. The molecule has 0 spiro atoms. The van der Waals surface area contributed by atoms with E-state index in [0.29, 0.717) is 22.4 Å². The molecule has 106 valence electrons. The quantitative estimate of drug-likeness (QED) is 0.781. The zero-order chi connectivity index (χ0) is 14.4. The second kappa shape index (κ2) is 4.82. The number of nitrogens with zero attached hydrogens (tertiary/aromatic N) is 3. The summed E-state index contributed by atoms with van der Waals surface area (Å²) in [6.45, 7) is 0. The molecule has 4 rings (SSSR count). The van der Waals surface area contributed by atoms with Crippen LogP contribution in [0.25, 0.3) is 23.0 Å². The minimum absolute atomic E-state index is 0.444. The molecule has 3 aromatic heterocycles. The van der Waals surface area contributed by atoms with Crippen molar-refractivity contribution < 1.29 is 4.52 Å². The van der Waals surface area contributed by atoms with Gasteiger partial charge in [-0.05, 0) is 37.0 Å². The molecule has 0 saturated carbocycles. The van der Waals surface area contributed by atoms with Crippen molar-refractivity contribution in [2.75, 3.05) is 5.73 Å². The number of aromatic nitrogens is 3. The number of nitrogen functional groups attached to an aromatic ring is 1. The summed E-state index contributed by atoms with van der Waals surface area (Å²) in [5.41, 5.74) is 8.90. The van der Waals surface area contributed by atoms with Crippen LogP contribution in [0.4, 0.5) is 5.00 Å². The highest BCUT2D eigenvalue weighted by atomic mass is 35.5. The van der Waals surface area contributed by atoms with E-state index >= 15 is 0 Å². The first-order valence-electron chi connectivity index (χ1n) is 6.58. The molecule has 0 saturated heterocycles. The van der Waals surface area contributed by atoms with E-state index in [4.69, 9.17) is 21.9 Å². The largest absolute Gasteiger partial charge is 0.390 e. The third kappa shape index (κ3) is 2.11. The lowest BCUT2D eigenvalue weighted by atomic mass is 10.1. The van der Waals surface area contributed by atoms with Crippen LogP contribution < -0.4 is 5.73 Å². The summed E-state index contributed by atoms with van der Waals surface area (Å²) in [7, 11) is 0. The molecule has 0 bridgehead atoms. The Kier molecular flexibility index (Phi) is 2.94. The minimum atomic E-state index is 0.444. The maximum Gasteiger partial charge on any atom is 0.261 e. The van der Waals surface area contributed by atoms with Gasteiger partial charge in [0.2, 0.25) is 5.82 Å². The van der Waals surface area contributed by atoms with E-state index in [1.807, 2.05) is 0 Å². The third-order valence-corrected chi connectivity index (χ3v) is 4.89. The molecule has 0 fully saturated rings. The Labute approximate surface area is 129 Å². The molecule has 5 nitrogen and oxygen atoms in total. The van der Waals surface area contributed by atoms with Crippen molar-refractivity contribution in [3.8, 4) is 23.0 Å². The van der Waals surface area contributed by atoms with Crippen LogP contribution in [-0.2, 0) is 12.8 Å². The van der Waals surface area contributed by atoms with Gasteiger partial charge in [0.05, 0.1) is 15.6 Å². The normalized spacial score (nSPS) is 13.6. The van der Waals surface area contributed by atoms with Gasteiger partial charge in [-0.2, -0.15) is 4.98 Å². The van der Waals surface area contributed by atoms with Crippen LogP contribution in [-0.4, -0.2) is 15.1 Å². The van der Waals surface area contributed by atoms with Gasteiger partial charge in [0, 0.05) is 11.1 Å². The second-order valence-corrected chi connectivity index (χ2v) is 6.45. The Morgan fingerprint density at radius 2 is 2.19 bits per heavy atom. The number of halogens is 1. The van der Waals surface area contributed by atoms with Crippen LogP contribution >= 0.6 is 22.9 Å². The molecule has 0 unspecified atom stereocenters. The molecule has 0 aromatic carbocycles. The van der Waals surface area contributed by atoms with Gasteiger partial charge in [-0.25, -0.2) is 0 Å². The molecule has 7 heteroatoms. The number of aryl methyl sites for hydroxylation is 1. The Hall–Kier alpha value is -1.92. The van der Waals surface area contributed by atoms with Crippen molar-refractivity contribution in [2.24, 2.45) is 0 Å². The monoisotopic (exact) mass is 318 g/mol. The fourth-order valence-electron chi connectivity index (χ4n) is 2.60. The number of anilines is 1. The van der Waals surface area contributed by atoms with E-state index in [-0.39, 0.29) is 0 Å². The van der Waals surface area contributed by atoms with Crippen LogP contribution in [0.15, 0.2) is 22.9 Å². The molecule has 0 aliphatic heterocycles. The summed E-state index contributed by atoms with van der Waals surface area (Å²) in [6, 6.07) is 3.51. The topological polar surface area (TPSA) is 77.8 Å². The van der Waals surface area contributed by atoms with Gasteiger partial charge in [-0.3, -0.25) is 4.98 Å². The van der Waals surface area contributed by atoms with Crippen LogP contribution in [0.3, 0.4) is 0 Å². The number of hydrogen-bond acceptors (Lipinski definition) is 6. The summed E-state index contributed by atoms with van der Waals surface area (Å²) >= 11 is 7.45. The van der Waals surface area contributed by atoms with E-state index in [1.165, 1.54) is 10.4 Å². The van der Waals surface area contributed by atoms with E-state index in [1.54, 1.807) is 29.7 Å². The van der Waals surface area contributed by atoms with E-state index in [0.717, 1.165) is 29.8 Å². The van der Waals surface area contributed by atoms with Gasteiger partial charge < -0.3 is 10.3 Å². The van der Waals surface area contributed by atoms with Crippen molar-refractivity contribution in [2.45, 2.75) is 19.3 Å². The summed E-state index contributed by atoms with van der Waals surface area (Å²) in [5.74, 6) is 0.915. The Bertz CT molecular complexity index is 809. The maximum atomic E-state index is 6.11. The first-order chi connectivity index (χ1) is 10.2. The summed E-state index contributed by atoms with van der Waals surface area (Å²) in [6.07, 6.45) is 4.83. The Balaban J connectivity index is 1.77. The highest BCUT2D eigenvalue weighted by Crippen LogP contribution is 2.43. The van der Waals surface area contributed by atoms with Gasteiger partial charge in [0.15, 0.2) is 0 Å². The zero-order valence-corrected chi connectivity index (χ0v) is 12.5. The average molecular weight is 319 g/mol. The molecule has 3 heterocycles. The third-order valence-electron chi connectivity index (χ3n) is 3.54. The van der Waals surface area contributed by atoms with Crippen LogP contribution in [0.5, 0.6) is 0 Å². The highest BCUT2D eigenvalue weighted by molar-refractivity contribution is 7.16. The van der Waals surface area contributed by atoms with Crippen LogP contribution in [0, 0.1) is 0 Å². The van der Waals surface area contributed by atoms with Gasteiger partial charge in [-0.1, -0.05) is 16.8 Å². The molecule has 0 atom stereocenters. The predicted molar refractivity (Wildman–Crippen MR) is 82.3 cm³/mol. The second-order valence-electron chi connectivity index (χ2n) is 4.88. The molecule has 21 heavy (non-hydrogen) atoms. The van der Waals surface area contributed by atoms with E-state index in [9.17, 15) is 0 Å². The van der Waals surface area contributed by atoms with Crippen LogP contribution in [0.2, 0.25) is 5.02 Å². The molecular formula is C14H11ClN4OS. The molecule has 3 aromatic rings. The van der Waals surface area contributed by atoms with Gasteiger partial charge in [-0.15, -0.1) is 11.3 Å². The van der Waals surface area contributed by atoms with Gasteiger partial charge in [0.1, 0.15) is 5.69 Å². The van der Waals surface area contributed by atoms with Crippen molar-refractivity contribution in [1.29, 1.82) is 0 Å². The fraction of sp³-hybridized carbons (Fsp3) is 0.214. The first-order valence-corrected chi connectivity index (χ1v) is 7.78. The number of nitrogens with two attached hydrogens (primary N) is 1. The standard InChI is InChI=1S/C14H11ClN4OS/c15-7-4-5-9(17-6-7)13-18-14(20-19-13)11-8-2-1-3-10(8)21-12(11)16/h4-6H,1-3,16H2. The lowest BCUT2D eigenvalue weighted by Gasteiger charge is -1.96. The van der Waals surface area contributed by atoms with Crippen molar-refractivity contribution in [3.05, 3.63) is 33.8 Å². The lowest BCUT2D eigenvalue weighted by Crippen LogP contribution is -1.89. The number of fused-ring (bicyclic) bond motifs is 1. The van der Waals surface area contributed by atoms with Crippen molar-refractivity contribution >= 4 is 27.9 Å². The number of pyridine rings is 1. The van der Waals surface area contributed by atoms with Gasteiger partial charge >= 0.3 is 0 Å². The summed E-state index contributed by atoms with van der Waals surface area (Å²) < 4.78 is 5.39. The average Bonchev–Trinajstić information content (AvgIpc) is 3.15. The fourth-order valence-corrected chi connectivity index (χ4v) is 3.86. The molecule has 0 radical (unpaired) electrons. The first kappa shape index (κ1) is 12.8. The van der Waals surface area contributed by atoms with Crippen molar-refractivity contribution in [1.82, 2.24) is 15.1 Å². The van der Waals surface area contributed by atoms with E-state index in [2.05, 4.69) is 15.1 Å². The highest BCUT2D eigenvalue weighted by Gasteiger charge is 2.25.